The summed E-state index contributed by atoms with van der Waals surface area (Å²) in [6, 6.07) is 21.3. The van der Waals surface area contributed by atoms with Gasteiger partial charge in [0.1, 0.15) is 5.82 Å². The van der Waals surface area contributed by atoms with E-state index in [0.717, 1.165) is 56.0 Å². The number of carbonyl (C=O) groups is 2. The van der Waals surface area contributed by atoms with E-state index in [9.17, 15) is 9.59 Å². The van der Waals surface area contributed by atoms with Gasteiger partial charge in [0, 0.05) is 43.6 Å². The molecule has 0 bridgehead atoms. The summed E-state index contributed by atoms with van der Waals surface area (Å²) >= 11 is 0. The second kappa shape index (κ2) is 9.45. The number of amides is 2. The number of para-hydroxylation sites is 1. The van der Waals surface area contributed by atoms with E-state index in [1.54, 1.807) is 6.20 Å². The lowest BCUT2D eigenvalue weighted by Gasteiger charge is -2.32. The van der Waals surface area contributed by atoms with Crippen molar-refractivity contribution in [2.75, 3.05) is 36.4 Å². The normalized spacial score (nSPS) is 15.9. The number of pyridine rings is 1. The zero-order valence-corrected chi connectivity index (χ0v) is 18.6. The molecule has 6 heteroatoms. The molecule has 1 fully saturated rings. The van der Waals surface area contributed by atoms with E-state index in [-0.39, 0.29) is 11.8 Å². The molecule has 6 nitrogen and oxygen atoms in total. The fourth-order valence-electron chi connectivity index (χ4n) is 4.68. The lowest BCUT2D eigenvalue weighted by Crippen LogP contribution is -2.39. The molecule has 0 aliphatic carbocycles. The Bertz CT molecular complexity index is 1120. The molecule has 0 radical (unpaired) electrons. The highest BCUT2D eigenvalue weighted by atomic mass is 16.2. The van der Waals surface area contributed by atoms with Gasteiger partial charge in [-0.05, 0) is 61.1 Å². The van der Waals surface area contributed by atoms with Crippen LogP contribution in [0.25, 0.3) is 0 Å². The molecule has 2 amide bonds. The molecular formula is C27H28N4O2. The summed E-state index contributed by atoms with van der Waals surface area (Å²) in [6.07, 6.45) is 4.49. The fraction of sp³-hybridized carbons (Fsp3) is 0.296. The molecule has 1 saturated heterocycles. The molecule has 0 saturated carbocycles. The minimum Gasteiger partial charge on any atom is -0.370 e. The summed E-state index contributed by atoms with van der Waals surface area (Å²) in [7, 11) is 0. The Morgan fingerprint density at radius 1 is 0.848 bits per heavy atom. The third-order valence-corrected chi connectivity index (χ3v) is 6.64. The Hall–Kier alpha value is -3.67. The lowest BCUT2D eigenvalue weighted by molar-refractivity contribution is 0.0694. The number of rotatable bonds is 5. The van der Waals surface area contributed by atoms with Gasteiger partial charge in [-0.25, -0.2) is 4.98 Å². The summed E-state index contributed by atoms with van der Waals surface area (Å²) in [5.41, 5.74) is 3.57. The number of hydrogen-bond donors (Lipinski definition) is 1. The molecule has 2 aliphatic rings. The number of likely N-dealkylation sites (tertiary alicyclic amines) is 1. The van der Waals surface area contributed by atoms with Crippen LogP contribution in [-0.4, -0.2) is 47.9 Å². The van der Waals surface area contributed by atoms with Crippen molar-refractivity contribution in [1.82, 2.24) is 9.88 Å². The monoisotopic (exact) mass is 440 g/mol. The first-order valence-electron chi connectivity index (χ1n) is 11.6. The number of nitrogens with one attached hydrogen (secondary N) is 1. The van der Waals surface area contributed by atoms with Crippen molar-refractivity contribution >= 4 is 23.3 Å². The summed E-state index contributed by atoms with van der Waals surface area (Å²) in [4.78, 5) is 33.8. The van der Waals surface area contributed by atoms with Crippen molar-refractivity contribution in [2.24, 2.45) is 5.92 Å². The zero-order valence-electron chi connectivity index (χ0n) is 18.6. The third kappa shape index (κ3) is 4.60. The summed E-state index contributed by atoms with van der Waals surface area (Å²) < 4.78 is 0. The Morgan fingerprint density at radius 2 is 1.61 bits per heavy atom. The van der Waals surface area contributed by atoms with E-state index < -0.39 is 0 Å². The topological polar surface area (TPSA) is 65.5 Å². The second-order valence-corrected chi connectivity index (χ2v) is 8.75. The molecule has 3 heterocycles. The largest absolute Gasteiger partial charge is 0.370 e. The van der Waals surface area contributed by atoms with Gasteiger partial charge in [-0.2, -0.15) is 0 Å². The van der Waals surface area contributed by atoms with Gasteiger partial charge in [-0.1, -0.05) is 36.4 Å². The first-order valence-corrected chi connectivity index (χ1v) is 11.6. The minimum atomic E-state index is -0.00513. The quantitative estimate of drug-likeness (QED) is 0.644. The fourth-order valence-corrected chi connectivity index (χ4v) is 4.68. The first kappa shape index (κ1) is 21.2. The maximum absolute atomic E-state index is 12.9. The number of hydrogen-bond acceptors (Lipinski definition) is 4. The third-order valence-electron chi connectivity index (χ3n) is 6.64. The van der Waals surface area contributed by atoms with Crippen LogP contribution >= 0.6 is 0 Å². The predicted octanol–water partition coefficient (Wildman–Crippen LogP) is 4.25. The molecule has 1 aromatic heterocycles. The van der Waals surface area contributed by atoms with Crippen molar-refractivity contribution in [2.45, 2.75) is 19.3 Å². The molecule has 1 N–H and O–H groups in total. The Kier molecular flexibility index (Phi) is 6.07. The average molecular weight is 441 g/mol. The molecule has 0 unspecified atom stereocenters. The van der Waals surface area contributed by atoms with Crippen LogP contribution in [0.5, 0.6) is 0 Å². The Morgan fingerprint density at radius 3 is 2.36 bits per heavy atom. The van der Waals surface area contributed by atoms with E-state index in [1.165, 1.54) is 5.56 Å². The van der Waals surface area contributed by atoms with Crippen molar-refractivity contribution < 1.29 is 9.59 Å². The highest BCUT2D eigenvalue weighted by Gasteiger charge is 2.26. The zero-order chi connectivity index (χ0) is 22.6. The predicted molar refractivity (Wildman–Crippen MR) is 130 cm³/mol. The first-order chi connectivity index (χ1) is 16.2. The Labute approximate surface area is 194 Å². The maximum atomic E-state index is 12.9. The van der Waals surface area contributed by atoms with Crippen LogP contribution < -0.4 is 10.2 Å². The summed E-state index contributed by atoms with van der Waals surface area (Å²) in [5.74, 6) is 1.38. The summed E-state index contributed by atoms with van der Waals surface area (Å²) in [6.45, 7) is 3.08. The van der Waals surface area contributed by atoms with Crippen molar-refractivity contribution in [1.29, 1.82) is 0 Å². The number of aromatic nitrogens is 1. The van der Waals surface area contributed by atoms with E-state index in [4.69, 9.17) is 0 Å². The van der Waals surface area contributed by atoms with Gasteiger partial charge in [0.25, 0.3) is 11.8 Å². The standard InChI is InChI=1S/C27H28N4O2/c32-26(22-7-2-1-3-8-22)30-15-12-20(13-16-30)18-28-25-11-10-23(19-29-25)27(33)31-17-14-21-6-4-5-9-24(21)31/h1-11,19-20H,12-18H2,(H,28,29). The van der Waals surface area contributed by atoms with Crippen LogP contribution in [0.4, 0.5) is 11.5 Å². The molecule has 5 rings (SSSR count). The number of benzene rings is 2. The minimum absolute atomic E-state index is 0.00513. The van der Waals surface area contributed by atoms with Crippen molar-refractivity contribution in [3.63, 3.8) is 0 Å². The molecule has 2 aliphatic heterocycles. The van der Waals surface area contributed by atoms with Gasteiger partial charge in [-0.3, -0.25) is 9.59 Å². The van der Waals surface area contributed by atoms with Gasteiger partial charge in [-0.15, -0.1) is 0 Å². The number of piperidine rings is 1. The van der Waals surface area contributed by atoms with Crippen molar-refractivity contribution in [3.8, 4) is 0 Å². The van der Waals surface area contributed by atoms with Gasteiger partial charge in [0.05, 0.1) is 5.56 Å². The molecule has 168 valence electrons. The lowest BCUT2D eigenvalue weighted by atomic mass is 9.96. The average Bonchev–Trinajstić information content (AvgIpc) is 3.32. The van der Waals surface area contributed by atoms with Gasteiger partial charge in [0.15, 0.2) is 0 Å². The highest BCUT2D eigenvalue weighted by molar-refractivity contribution is 6.07. The highest BCUT2D eigenvalue weighted by Crippen LogP contribution is 2.29. The van der Waals surface area contributed by atoms with E-state index in [0.29, 0.717) is 18.0 Å². The smallest absolute Gasteiger partial charge is 0.259 e. The van der Waals surface area contributed by atoms with Crippen LogP contribution in [0.2, 0.25) is 0 Å². The molecular weight excluding hydrogens is 412 g/mol. The SMILES string of the molecule is O=C(c1ccccc1)N1CCC(CNc2ccc(C(=O)N3CCc4ccccc43)cn2)CC1. The second-order valence-electron chi connectivity index (χ2n) is 8.75. The molecule has 0 atom stereocenters. The van der Waals surface area contributed by atoms with Crippen molar-refractivity contribution in [3.05, 3.63) is 89.6 Å². The molecule has 3 aromatic rings. The van der Waals surface area contributed by atoms with Gasteiger partial charge in [0.2, 0.25) is 0 Å². The molecule has 0 spiro atoms. The van der Waals surface area contributed by atoms with Crippen LogP contribution in [-0.2, 0) is 6.42 Å². The maximum Gasteiger partial charge on any atom is 0.259 e. The van der Waals surface area contributed by atoms with Crippen LogP contribution in [0.15, 0.2) is 72.9 Å². The van der Waals surface area contributed by atoms with Crippen LogP contribution in [0.3, 0.4) is 0 Å². The number of anilines is 2. The van der Waals surface area contributed by atoms with Crippen LogP contribution in [0.1, 0.15) is 39.1 Å². The Balaban J connectivity index is 1.12. The van der Waals surface area contributed by atoms with Gasteiger partial charge < -0.3 is 15.1 Å². The molecule has 2 aromatic carbocycles. The van der Waals surface area contributed by atoms with E-state index >= 15 is 0 Å². The summed E-state index contributed by atoms with van der Waals surface area (Å²) in [5, 5.41) is 3.40. The van der Waals surface area contributed by atoms with E-state index in [1.807, 2.05) is 70.5 Å². The number of nitrogens with zero attached hydrogens (tertiary/aromatic N) is 3. The van der Waals surface area contributed by atoms with Crippen LogP contribution in [0, 0.1) is 5.92 Å². The number of carbonyl (C=O) groups excluding carboxylic acids is 2. The van der Waals surface area contributed by atoms with E-state index in [2.05, 4.69) is 16.4 Å². The number of fused-ring (bicyclic) bond motifs is 1. The molecule has 33 heavy (non-hydrogen) atoms. The van der Waals surface area contributed by atoms with Gasteiger partial charge >= 0.3 is 0 Å².